The molecule has 0 N–H and O–H groups in total. The zero-order valence-corrected chi connectivity index (χ0v) is 42.3. The molecule has 62 heavy (non-hydrogen) atoms. The highest BCUT2D eigenvalue weighted by Crippen LogP contribution is 2.18. The van der Waals surface area contributed by atoms with Gasteiger partial charge in [0.15, 0.2) is 6.10 Å². The van der Waals surface area contributed by atoms with Crippen molar-refractivity contribution >= 4 is 17.9 Å². The van der Waals surface area contributed by atoms with E-state index >= 15 is 0 Å². The lowest BCUT2D eigenvalue weighted by atomic mass is 9.99. The Balaban J connectivity index is 4.27. The Bertz CT molecular complexity index is 935. The number of ether oxygens (including phenoxy) is 3. The van der Waals surface area contributed by atoms with Gasteiger partial charge in [0, 0.05) is 19.3 Å². The molecule has 0 spiro atoms. The summed E-state index contributed by atoms with van der Waals surface area (Å²) in [4.78, 5) is 38.0. The summed E-state index contributed by atoms with van der Waals surface area (Å²) in [5.74, 6) is 0.0292. The summed E-state index contributed by atoms with van der Waals surface area (Å²) in [6.45, 7) is 9.06. The highest BCUT2D eigenvalue weighted by atomic mass is 16.6. The lowest BCUT2D eigenvalue weighted by Gasteiger charge is -2.18. The second-order valence-electron chi connectivity index (χ2n) is 19.5. The number of rotatable bonds is 51. The smallest absolute Gasteiger partial charge is 0.306 e. The van der Waals surface area contributed by atoms with Gasteiger partial charge >= 0.3 is 17.9 Å². The van der Waals surface area contributed by atoms with E-state index in [2.05, 4.69) is 27.7 Å². The molecular weight excluding hydrogens is 769 g/mol. The van der Waals surface area contributed by atoms with Crippen molar-refractivity contribution < 1.29 is 28.6 Å². The van der Waals surface area contributed by atoms with Crippen LogP contribution >= 0.6 is 0 Å². The Morgan fingerprint density at radius 2 is 0.565 bits per heavy atom. The normalized spacial score (nSPS) is 12.4. The molecule has 0 amide bonds. The molecule has 0 aromatic rings. The SMILES string of the molecule is CCCCCCCCCCCCCCCCCCCCCC(=O)O[C@@H](COC(=O)CCCCCCCCCCCCC)COC(=O)CCCCCCCCCCCCC(C)CC. The summed E-state index contributed by atoms with van der Waals surface area (Å²) in [7, 11) is 0. The van der Waals surface area contributed by atoms with E-state index in [0.29, 0.717) is 19.3 Å². The van der Waals surface area contributed by atoms with Gasteiger partial charge in [-0.15, -0.1) is 0 Å². The maximum Gasteiger partial charge on any atom is 0.306 e. The van der Waals surface area contributed by atoms with Crippen molar-refractivity contribution in [3.8, 4) is 0 Å². The molecule has 0 aromatic carbocycles. The second-order valence-corrected chi connectivity index (χ2v) is 19.5. The fourth-order valence-electron chi connectivity index (χ4n) is 8.54. The van der Waals surface area contributed by atoms with Gasteiger partial charge in [-0.1, -0.05) is 278 Å². The van der Waals surface area contributed by atoms with E-state index in [1.54, 1.807) is 0 Å². The van der Waals surface area contributed by atoms with E-state index < -0.39 is 6.10 Å². The minimum atomic E-state index is -0.761. The van der Waals surface area contributed by atoms with E-state index in [1.165, 1.54) is 212 Å². The first kappa shape index (κ1) is 60.4. The van der Waals surface area contributed by atoms with Crippen molar-refractivity contribution in [1.82, 2.24) is 0 Å². The van der Waals surface area contributed by atoms with Crippen LogP contribution < -0.4 is 0 Å². The van der Waals surface area contributed by atoms with E-state index in [0.717, 1.165) is 63.7 Å². The topological polar surface area (TPSA) is 78.9 Å². The third kappa shape index (κ3) is 47.9. The molecule has 0 saturated heterocycles. The van der Waals surface area contributed by atoms with Gasteiger partial charge in [0.05, 0.1) is 0 Å². The van der Waals surface area contributed by atoms with Gasteiger partial charge in [-0.05, 0) is 25.2 Å². The Labute approximate surface area is 387 Å². The maximum absolute atomic E-state index is 12.8. The highest BCUT2D eigenvalue weighted by Gasteiger charge is 2.19. The predicted octanol–water partition coefficient (Wildman–Crippen LogP) is 18.2. The molecule has 0 aliphatic carbocycles. The van der Waals surface area contributed by atoms with E-state index in [1.807, 2.05) is 0 Å². The largest absolute Gasteiger partial charge is 0.462 e. The van der Waals surface area contributed by atoms with Crippen LogP contribution in [0.25, 0.3) is 0 Å². The predicted molar refractivity (Wildman–Crippen MR) is 266 cm³/mol. The van der Waals surface area contributed by atoms with Crippen molar-refractivity contribution in [1.29, 1.82) is 0 Å². The molecular formula is C56H108O6. The summed E-state index contributed by atoms with van der Waals surface area (Å²) in [5.41, 5.74) is 0. The number of esters is 3. The molecule has 0 aromatic heterocycles. The highest BCUT2D eigenvalue weighted by molar-refractivity contribution is 5.71. The fourth-order valence-corrected chi connectivity index (χ4v) is 8.54. The molecule has 2 atom stereocenters. The van der Waals surface area contributed by atoms with E-state index in [9.17, 15) is 14.4 Å². The summed E-state index contributed by atoms with van der Waals surface area (Å²) >= 11 is 0. The van der Waals surface area contributed by atoms with Crippen LogP contribution in [0, 0.1) is 5.92 Å². The van der Waals surface area contributed by atoms with Crippen LogP contribution in [0.5, 0.6) is 0 Å². The molecule has 1 unspecified atom stereocenters. The minimum Gasteiger partial charge on any atom is -0.462 e. The van der Waals surface area contributed by atoms with Crippen LogP contribution in [-0.4, -0.2) is 37.2 Å². The van der Waals surface area contributed by atoms with Gasteiger partial charge in [0.1, 0.15) is 13.2 Å². The van der Waals surface area contributed by atoms with Crippen molar-refractivity contribution in [3.05, 3.63) is 0 Å². The summed E-state index contributed by atoms with van der Waals surface area (Å²) in [6, 6.07) is 0. The standard InChI is InChI=1S/C56H108O6/c1-5-8-10-12-14-16-18-19-20-21-22-23-24-25-27-33-37-41-45-49-56(59)62-53(50-60-54(57)47-43-39-35-31-26-17-15-13-11-9-6-2)51-61-55(58)48-44-40-36-32-29-28-30-34-38-42-46-52(4)7-3/h52-53H,5-51H2,1-4H3/t52?,53-/m0/s1. The van der Waals surface area contributed by atoms with Crippen LogP contribution in [0.1, 0.15) is 317 Å². The van der Waals surface area contributed by atoms with Gasteiger partial charge in [0.2, 0.25) is 0 Å². The van der Waals surface area contributed by atoms with Gasteiger partial charge in [-0.3, -0.25) is 14.4 Å². The third-order valence-corrected chi connectivity index (χ3v) is 13.2. The maximum atomic E-state index is 12.8. The first-order valence-corrected chi connectivity index (χ1v) is 27.9. The second kappa shape index (κ2) is 50.4. The van der Waals surface area contributed by atoms with Crippen LogP contribution in [0.15, 0.2) is 0 Å². The lowest BCUT2D eigenvalue weighted by Crippen LogP contribution is -2.30. The first-order chi connectivity index (χ1) is 30.4. The average Bonchev–Trinajstić information content (AvgIpc) is 3.27. The van der Waals surface area contributed by atoms with E-state index in [-0.39, 0.29) is 31.1 Å². The van der Waals surface area contributed by atoms with Crippen LogP contribution in [0.3, 0.4) is 0 Å². The molecule has 6 nitrogen and oxygen atoms in total. The molecule has 0 rings (SSSR count). The molecule has 368 valence electrons. The van der Waals surface area contributed by atoms with Crippen LogP contribution in [0.4, 0.5) is 0 Å². The molecule has 0 fully saturated rings. The van der Waals surface area contributed by atoms with Gasteiger partial charge < -0.3 is 14.2 Å². The van der Waals surface area contributed by atoms with E-state index in [4.69, 9.17) is 14.2 Å². The van der Waals surface area contributed by atoms with Gasteiger partial charge in [-0.2, -0.15) is 0 Å². The lowest BCUT2D eigenvalue weighted by molar-refractivity contribution is -0.167. The number of hydrogen-bond donors (Lipinski definition) is 0. The average molecular weight is 877 g/mol. The number of unbranched alkanes of at least 4 members (excludes halogenated alkanes) is 37. The fraction of sp³-hybridized carbons (Fsp3) is 0.946. The monoisotopic (exact) mass is 877 g/mol. The number of carbonyl (C=O) groups excluding carboxylic acids is 3. The number of carbonyl (C=O) groups is 3. The molecule has 0 heterocycles. The minimum absolute atomic E-state index is 0.0626. The van der Waals surface area contributed by atoms with Crippen molar-refractivity contribution in [2.75, 3.05) is 13.2 Å². The molecule has 6 heteroatoms. The van der Waals surface area contributed by atoms with Crippen molar-refractivity contribution in [2.45, 2.75) is 323 Å². The Hall–Kier alpha value is -1.59. The molecule has 0 aliphatic heterocycles. The molecule has 0 aliphatic rings. The molecule has 0 bridgehead atoms. The quantitative estimate of drug-likeness (QED) is 0.0344. The van der Waals surface area contributed by atoms with Crippen molar-refractivity contribution in [2.24, 2.45) is 5.92 Å². The Morgan fingerprint density at radius 3 is 0.839 bits per heavy atom. The van der Waals surface area contributed by atoms with Crippen molar-refractivity contribution in [3.63, 3.8) is 0 Å². The first-order valence-electron chi connectivity index (χ1n) is 27.9. The summed E-state index contributed by atoms with van der Waals surface area (Å²) < 4.78 is 16.8. The molecule has 0 saturated carbocycles. The van der Waals surface area contributed by atoms with Gasteiger partial charge in [0.25, 0.3) is 0 Å². The molecule has 0 radical (unpaired) electrons. The summed E-state index contributed by atoms with van der Waals surface area (Å²) in [6.07, 6.45) is 53.7. The summed E-state index contributed by atoms with van der Waals surface area (Å²) in [5, 5.41) is 0. The Kier molecular flexibility index (Phi) is 49.1. The Morgan fingerprint density at radius 1 is 0.323 bits per heavy atom. The third-order valence-electron chi connectivity index (χ3n) is 13.2. The van der Waals surface area contributed by atoms with Gasteiger partial charge in [-0.25, -0.2) is 0 Å². The number of hydrogen-bond acceptors (Lipinski definition) is 6. The van der Waals surface area contributed by atoms with Crippen LogP contribution in [-0.2, 0) is 28.6 Å². The van der Waals surface area contributed by atoms with Crippen LogP contribution in [0.2, 0.25) is 0 Å². The zero-order valence-electron chi connectivity index (χ0n) is 42.3. The zero-order chi connectivity index (χ0) is 45.2.